The summed E-state index contributed by atoms with van der Waals surface area (Å²) >= 11 is 0. The topological polar surface area (TPSA) is 29.3 Å². The molecule has 0 saturated carbocycles. The summed E-state index contributed by atoms with van der Waals surface area (Å²) in [6.45, 7) is 4.53. The summed E-state index contributed by atoms with van der Waals surface area (Å²) < 4.78 is 37.6. The van der Waals surface area contributed by atoms with Crippen LogP contribution in [0.1, 0.15) is 20.3 Å². The van der Waals surface area contributed by atoms with Crippen LogP contribution in [0, 0.1) is 5.92 Å². The molecule has 84 valence electrons. The van der Waals surface area contributed by atoms with Crippen LogP contribution in [-0.4, -0.2) is 36.2 Å². The highest BCUT2D eigenvalue weighted by Gasteiger charge is 2.46. The second kappa shape index (κ2) is 4.06. The number of nitrogens with zero attached hydrogens (tertiary/aromatic N) is 1. The van der Waals surface area contributed by atoms with Crippen LogP contribution < -0.4 is 5.73 Å². The lowest BCUT2D eigenvalue weighted by atomic mass is 9.91. The fourth-order valence-electron chi connectivity index (χ4n) is 1.81. The van der Waals surface area contributed by atoms with Crippen molar-refractivity contribution < 1.29 is 13.2 Å². The van der Waals surface area contributed by atoms with Crippen molar-refractivity contribution in [3.63, 3.8) is 0 Å². The van der Waals surface area contributed by atoms with Crippen LogP contribution in [0.5, 0.6) is 0 Å². The summed E-state index contributed by atoms with van der Waals surface area (Å²) in [5, 5.41) is 0. The molecule has 2 N–H and O–H groups in total. The predicted octanol–water partition coefficient (Wildman–Crippen LogP) is 1.61. The minimum Gasteiger partial charge on any atom is -0.327 e. The molecule has 0 aromatic rings. The summed E-state index contributed by atoms with van der Waals surface area (Å²) in [5.41, 5.74) is 5.48. The highest BCUT2D eigenvalue weighted by molar-refractivity contribution is 4.88. The molecule has 1 fully saturated rings. The monoisotopic (exact) mass is 210 g/mol. The van der Waals surface area contributed by atoms with Crippen LogP contribution in [0.2, 0.25) is 0 Å². The van der Waals surface area contributed by atoms with E-state index < -0.39 is 18.1 Å². The molecular weight excluding hydrogens is 193 g/mol. The van der Waals surface area contributed by atoms with Crippen LogP contribution in [-0.2, 0) is 0 Å². The first-order valence-corrected chi connectivity index (χ1v) is 4.88. The minimum atomic E-state index is -4.16. The number of alkyl halides is 3. The first kappa shape index (κ1) is 11.8. The van der Waals surface area contributed by atoms with Gasteiger partial charge in [-0.3, -0.25) is 0 Å². The molecule has 0 amide bonds. The molecular formula is C9H17F3N2. The van der Waals surface area contributed by atoms with Gasteiger partial charge in [0.15, 0.2) is 0 Å². The van der Waals surface area contributed by atoms with Crippen molar-refractivity contribution >= 4 is 0 Å². The van der Waals surface area contributed by atoms with Gasteiger partial charge in [0.25, 0.3) is 0 Å². The van der Waals surface area contributed by atoms with Crippen LogP contribution >= 0.6 is 0 Å². The summed E-state index contributed by atoms with van der Waals surface area (Å²) in [6, 6.07) is -0.572. The Hall–Kier alpha value is -0.290. The molecule has 2 unspecified atom stereocenters. The summed E-state index contributed by atoms with van der Waals surface area (Å²) in [4.78, 5) is 1.83. The van der Waals surface area contributed by atoms with E-state index in [9.17, 15) is 13.2 Å². The molecule has 1 heterocycles. The zero-order chi connectivity index (χ0) is 10.9. The first-order chi connectivity index (χ1) is 6.32. The van der Waals surface area contributed by atoms with Crippen LogP contribution in [0.3, 0.4) is 0 Å². The quantitative estimate of drug-likeness (QED) is 0.712. The molecule has 0 radical (unpaired) electrons. The van der Waals surface area contributed by atoms with Crippen LogP contribution in [0.15, 0.2) is 0 Å². The Labute approximate surface area is 82.2 Å². The van der Waals surface area contributed by atoms with Gasteiger partial charge in [0, 0.05) is 18.6 Å². The highest BCUT2D eigenvalue weighted by Crippen LogP contribution is 2.33. The maximum Gasteiger partial charge on any atom is 0.394 e. The fourth-order valence-corrected chi connectivity index (χ4v) is 1.81. The molecule has 0 aromatic heterocycles. The smallest absolute Gasteiger partial charge is 0.327 e. The lowest BCUT2D eigenvalue weighted by Crippen LogP contribution is -2.54. The van der Waals surface area contributed by atoms with E-state index in [0.717, 1.165) is 0 Å². The Bertz CT molecular complexity index is 191. The second-order valence-corrected chi connectivity index (χ2v) is 4.19. The maximum absolute atomic E-state index is 12.5. The van der Waals surface area contributed by atoms with E-state index in [0.29, 0.717) is 13.0 Å². The number of rotatable bonds is 1. The van der Waals surface area contributed by atoms with Gasteiger partial charge >= 0.3 is 6.18 Å². The molecule has 1 rings (SSSR count). The van der Waals surface area contributed by atoms with E-state index in [1.54, 1.807) is 0 Å². The first-order valence-electron chi connectivity index (χ1n) is 4.88. The summed E-state index contributed by atoms with van der Waals surface area (Å²) in [7, 11) is 0. The third-order valence-electron chi connectivity index (χ3n) is 2.85. The molecule has 2 nitrogen and oxygen atoms in total. The van der Waals surface area contributed by atoms with Crippen molar-refractivity contribution in [1.82, 2.24) is 4.90 Å². The standard InChI is InChI=1S/C9H17F3N2/c1-6(2)14-4-3-8(13)7(5-14)9(10,11)12/h6-8H,3-5,13H2,1-2H3. The van der Waals surface area contributed by atoms with E-state index in [4.69, 9.17) is 5.73 Å². The molecule has 1 aliphatic heterocycles. The molecule has 2 atom stereocenters. The molecule has 0 spiro atoms. The van der Waals surface area contributed by atoms with Gasteiger partial charge in [-0.1, -0.05) is 0 Å². The second-order valence-electron chi connectivity index (χ2n) is 4.19. The number of hydrogen-bond acceptors (Lipinski definition) is 2. The van der Waals surface area contributed by atoms with Crippen LogP contribution in [0.25, 0.3) is 0 Å². The van der Waals surface area contributed by atoms with Gasteiger partial charge in [-0.25, -0.2) is 0 Å². The lowest BCUT2D eigenvalue weighted by molar-refractivity contribution is -0.192. The molecule has 0 aromatic carbocycles. The van der Waals surface area contributed by atoms with E-state index in [2.05, 4.69) is 0 Å². The zero-order valence-electron chi connectivity index (χ0n) is 8.51. The van der Waals surface area contributed by atoms with E-state index >= 15 is 0 Å². The van der Waals surface area contributed by atoms with Gasteiger partial charge in [-0.2, -0.15) is 13.2 Å². The van der Waals surface area contributed by atoms with E-state index in [1.165, 1.54) is 0 Å². The van der Waals surface area contributed by atoms with Gasteiger partial charge < -0.3 is 10.6 Å². The van der Waals surface area contributed by atoms with Crippen molar-refractivity contribution in [2.75, 3.05) is 13.1 Å². The van der Waals surface area contributed by atoms with E-state index in [-0.39, 0.29) is 12.6 Å². The number of hydrogen-bond donors (Lipinski definition) is 1. The summed E-state index contributed by atoms with van der Waals surface area (Å²) in [6.07, 6.45) is -3.73. The largest absolute Gasteiger partial charge is 0.394 e. The number of halogens is 3. The Morgan fingerprint density at radius 2 is 1.93 bits per heavy atom. The molecule has 0 bridgehead atoms. The maximum atomic E-state index is 12.5. The average molecular weight is 210 g/mol. The minimum absolute atomic E-state index is 0.0440. The van der Waals surface area contributed by atoms with E-state index in [1.807, 2.05) is 18.7 Å². The van der Waals surface area contributed by atoms with Gasteiger partial charge in [0.05, 0.1) is 5.92 Å². The zero-order valence-corrected chi connectivity index (χ0v) is 8.51. The normalized spacial score (nSPS) is 31.1. The van der Waals surface area contributed by atoms with Gasteiger partial charge in [0.1, 0.15) is 0 Å². The van der Waals surface area contributed by atoms with Gasteiger partial charge in [0.2, 0.25) is 0 Å². The third kappa shape index (κ3) is 2.60. The average Bonchev–Trinajstić information content (AvgIpc) is 2.02. The van der Waals surface area contributed by atoms with Crippen molar-refractivity contribution in [3.05, 3.63) is 0 Å². The fraction of sp³-hybridized carbons (Fsp3) is 1.00. The van der Waals surface area contributed by atoms with Gasteiger partial charge in [-0.05, 0) is 26.8 Å². The van der Waals surface area contributed by atoms with Crippen molar-refractivity contribution in [2.24, 2.45) is 11.7 Å². The predicted molar refractivity (Wildman–Crippen MR) is 48.8 cm³/mol. The Kier molecular flexibility index (Phi) is 3.42. The van der Waals surface area contributed by atoms with Crippen molar-refractivity contribution in [3.8, 4) is 0 Å². The number of likely N-dealkylation sites (tertiary alicyclic amines) is 1. The lowest BCUT2D eigenvalue weighted by Gasteiger charge is -2.39. The third-order valence-corrected chi connectivity index (χ3v) is 2.85. The van der Waals surface area contributed by atoms with Crippen LogP contribution in [0.4, 0.5) is 13.2 Å². The highest BCUT2D eigenvalue weighted by atomic mass is 19.4. The Balaban J connectivity index is 2.65. The summed E-state index contributed by atoms with van der Waals surface area (Å²) in [5.74, 6) is -1.36. The molecule has 0 aliphatic carbocycles. The Morgan fingerprint density at radius 3 is 2.36 bits per heavy atom. The van der Waals surface area contributed by atoms with Gasteiger partial charge in [-0.15, -0.1) is 0 Å². The van der Waals surface area contributed by atoms with Crippen molar-refractivity contribution in [2.45, 2.75) is 38.5 Å². The number of piperidine rings is 1. The number of nitrogens with two attached hydrogens (primary N) is 1. The molecule has 5 heteroatoms. The molecule has 1 saturated heterocycles. The SMILES string of the molecule is CC(C)N1CCC(N)C(C(F)(F)F)C1. The molecule has 1 aliphatic rings. The Morgan fingerprint density at radius 1 is 1.36 bits per heavy atom. The van der Waals surface area contributed by atoms with Crippen molar-refractivity contribution in [1.29, 1.82) is 0 Å². The molecule has 14 heavy (non-hydrogen) atoms.